The summed E-state index contributed by atoms with van der Waals surface area (Å²) in [4.78, 5) is 0. The molecule has 0 radical (unpaired) electrons. The molecule has 0 unspecified atom stereocenters. The molecule has 0 bridgehead atoms. The van der Waals surface area contributed by atoms with Gasteiger partial charge in [-0.05, 0) is 18.3 Å². The van der Waals surface area contributed by atoms with Crippen molar-refractivity contribution in [3.05, 3.63) is 36.4 Å². The van der Waals surface area contributed by atoms with Crippen LogP contribution in [0.25, 0.3) is 0 Å². The van der Waals surface area contributed by atoms with Gasteiger partial charge in [-0.25, -0.2) is 0 Å². The van der Waals surface area contributed by atoms with Crippen LogP contribution in [0.5, 0.6) is 0 Å². The van der Waals surface area contributed by atoms with Gasteiger partial charge in [-0.3, -0.25) is 0 Å². The van der Waals surface area contributed by atoms with Crippen molar-refractivity contribution in [2.24, 2.45) is 5.41 Å². The van der Waals surface area contributed by atoms with E-state index in [4.69, 9.17) is 0 Å². The van der Waals surface area contributed by atoms with Crippen molar-refractivity contribution in [3.63, 3.8) is 0 Å². The topological polar surface area (TPSA) is 0 Å². The molecule has 1 aliphatic carbocycles. The monoisotopic (exact) mass is 176 g/mol. The molecule has 1 saturated carbocycles. The predicted molar refractivity (Wildman–Crippen MR) is 58.7 cm³/mol. The maximum Gasteiger partial charge on any atom is -0.0354 e. The molecule has 0 heteroatoms. The van der Waals surface area contributed by atoms with Gasteiger partial charge in [0.1, 0.15) is 0 Å². The zero-order valence-corrected chi connectivity index (χ0v) is 8.79. The van der Waals surface area contributed by atoms with Crippen LogP contribution in [-0.4, -0.2) is 0 Å². The molecule has 0 spiro atoms. The van der Waals surface area contributed by atoms with Crippen molar-refractivity contribution < 1.29 is 0 Å². The van der Waals surface area contributed by atoms with Crippen LogP contribution >= 0.6 is 0 Å². The summed E-state index contributed by atoms with van der Waals surface area (Å²) in [5, 5.41) is 0. The summed E-state index contributed by atoms with van der Waals surface area (Å²) in [6, 6.07) is 12.0. The summed E-state index contributed by atoms with van der Waals surface area (Å²) in [7, 11) is 0. The lowest BCUT2D eigenvalue weighted by atomic mass is 9.92. The molecule has 1 aromatic rings. The first-order valence-corrected chi connectivity index (χ1v) is 5.21. The minimum absolute atomic E-state index is 0.694. The number of hydrogen-bond donors (Lipinski definition) is 0. The molecular weight excluding hydrogens is 156 g/mol. The van der Waals surface area contributed by atoms with Gasteiger partial charge in [0, 0.05) is 0 Å². The lowest BCUT2D eigenvalue weighted by Gasteiger charge is -2.13. The third-order valence-corrected chi connectivity index (χ3v) is 2.62. The zero-order valence-electron chi connectivity index (χ0n) is 8.79. The number of rotatable bonds is 0. The highest BCUT2D eigenvalue weighted by atomic mass is 14.3. The molecule has 0 N–H and O–H groups in total. The largest absolute Gasteiger partial charge is 0.0623 e. The highest BCUT2D eigenvalue weighted by molar-refractivity contribution is 4.99. The molecule has 72 valence electrons. The molecule has 1 aromatic carbocycles. The van der Waals surface area contributed by atoms with Crippen molar-refractivity contribution >= 4 is 0 Å². The van der Waals surface area contributed by atoms with Crippen molar-refractivity contribution in [1.29, 1.82) is 0 Å². The normalized spacial score (nSPS) is 18.9. The second kappa shape index (κ2) is 5.06. The standard InChI is InChI=1S/C7H14.C6H6/c1-7(2)5-3-4-6-7;1-2-4-6-5-3-1/h3-6H2,1-2H3;1-6H. The summed E-state index contributed by atoms with van der Waals surface area (Å²) in [5.41, 5.74) is 0.694. The van der Waals surface area contributed by atoms with Crippen LogP contribution in [0.4, 0.5) is 0 Å². The van der Waals surface area contributed by atoms with Gasteiger partial charge in [0.2, 0.25) is 0 Å². The molecule has 0 heterocycles. The van der Waals surface area contributed by atoms with Gasteiger partial charge < -0.3 is 0 Å². The lowest BCUT2D eigenvalue weighted by molar-refractivity contribution is 0.382. The zero-order chi connectivity index (χ0) is 9.57. The van der Waals surface area contributed by atoms with Crippen LogP contribution < -0.4 is 0 Å². The Kier molecular flexibility index (Phi) is 4.01. The van der Waals surface area contributed by atoms with Crippen LogP contribution in [0.1, 0.15) is 39.5 Å². The molecule has 0 saturated heterocycles. The van der Waals surface area contributed by atoms with Crippen LogP contribution in [0.15, 0.2) is 36.4 Å². The third kappa shape index (κ3) is 4.72. The molecule has 0 amide bonds. The van der Waals surface area contributed by atoms with Crippen LogP contribution in [0, 0.1) is 5.41 Å². The molecule has 0 aromatic heterocycles. The number of hydrogen-bond acceptors (Lipinski definition) is 0. The number of benzene rings is 1. The van der Waals surface area contributed by atoms with Gasteiger partial charge in [-0.2, -0.15) is 0 Å². The van der Waals surface area contributed by atoms with E-state index < -0.39 is 0 Å². The fourth-order valence-electron chi connectivity index (χ4n) is 1.72. The average molecular weight is 176 g/mol. The molecule has 2 rings (SSSR count). The smallest absolute Gasteiger partial charge is 0.0354 e. The Hall–Kier alpha value is -0.780. The minimum Gasteiger partial charge on any atom is -0.0623 e. The van der Waals surface area contributed by atoms with Crippen molar-refractivity contribution in [2.45, 2.75) is 39.5 Å². The van der Waals surface area contributed by atoms with E-state index in [1.165, 1.54) is 25.7 Å². The second-order valence-corrected chi connectivity index (χ2v) is 4.53. The van der Waals surface area contributed by atoms with E-state index in [1.54, 1.807) is 0 Å². The van der Waals surface area contributed by atoms with E-state index in [0.29, 0.717) is 5.41 Å². The summed E-state index contributed by atoms with van der Waals surface area (Å²) in [5.74, 6) is 0. The van der Waals surface area contributed by atoms with Crippen LogP contribution in [0.3, 0.4) is 0 Å². The Morgan fingerprint density at radius 1 is 0.692 bits per heavy atom. The Morgan fingerprint density at radius 2 is 1.00 bits per heavy atom. The second-order valence-electron chi connectivity index (χ2n) is 4.53. The average Bonchev–Trinajstić information content (AvgIpc) is 2.54. The van der Waals surface area contributed by atoms with Gasteiger partial charge in [0.05, 0.1) is 0 Å². The first kappa shape index (κ1) is 10.3. The quantitative estimate of drug-likeness (QED) is 0.553. The van der Waals surface area contributed by atoms with Gasteiger partial charge in [0.25, 0.3) is 0 Å². The molecule has 13 heavy (non-hydrogen) atoms. The predicted octanol–water partition coefficient (Wildman–Crippen LogP) is 4.27. The lowest BCUT2D eigenvalue weighted by Crippen LogP contribution is -2.01. The van der Waals surface area contributed by atoms with E-state index >= 15 is 0 Å². The van der Waals surface area contributed by atoms with Crippen molar-refractivity contribution in [2.75, 3.05) is 0 Å². The molecular formula is C13H20. The summed E-state index contributed by atoms with van der Waals surface area (Å²) < 4.78 is 0. The molecule has 1 aliphatic rings. The molecule has 1 fully saturated rings. The van der Waals surface area contributed by atoms with Crippen LogP contribution in [-0.2, 0) is 0 Å². The molecule has 0 atom stereocenters. The Labute approximate surface area is 82.0 Å². The Morgan fingerprint density at radius 3 is 1.15 bits per heavy atom. The van der Waals surface area contributed by atoms with E-state index in [-0.39, 0.29) is 0 Å². The maximum atomic E-state index is 2.36. The molecule has 0 nitrogen and oxygen atoms in total. The van der Waals surface area contributed by atoms with Gasteiger partial charge in [-0.15, -0.1) is 0 Å². The third-order valence-electron chi connectivity index (χ3n) is 2.62. The van der Waals surface area contributed by atoms with E-state index in [9.17, 15) is 0 Å². The summed E-state index contributed by atoms with van der Waals surface area (Å²) >= 11 is 0. The summed E-state index contributed by atoms with van der Waals surface area (Å²) in [6.45, 7) is 4.72. The first-order valence-electron chi connectivity index (χ1n) is 5.21. The molecule has 0 aliphatic heterocycles. The van der Waals surface area contributed by atoms with Crippen molar-refractivity contribution in [1.82, 2.24) is 0 Å². The SMILES string of the molecule is CC1(C)CCCC1.c1ccccc1. The van der Waals surface area contributed by atoms with Gasteiger partial charge in [-0.1, -0.05) is 63.1 Å². The Bertz CT molecular complexity index is 176. The van der Waals surface area contributed by atoms with Crippen molar-refractivity contribution in [3.8, 4) is 0 Å². The van der Waals surface area contributed by atoms with Crippen LogP contribution in [0.2, 0.25) is 0 Å². The highest BCUT2D eigenvalue weighted by Crippen LogP contribution is 2.36. The fourth-order valence-corrected chi connectivity index (χ4v) is 1.72. The van der Waals surface area contributed by atoms with E-state index in [2.05, 4.69) is 13.8 Å². The van der Waals surface area contributed by atoms with E-state index in [0.717, 1.165) is 0 Å². The van der Waals surface area contributed by atoms with Gasteiger partial charge in [0.15, 0.2) is 0 Å². The van der Waals surface area contributed by atoms with Gasteiger partial charge >= 0.3 is 0 Å². The Balaban J connectivity index is 0.000000132. The highest BCUT2D eigenvalue weighted by Gasteiger charge is 2.21. The first-order chi connectivity index (χ1) is 6.21. The minimum atomic E-state index is 0.694. The van der Waals surface area contributed by atoms with E-state index in [1.807, 2.05) is 36.4 Å². The fraction of sp³-hybridized carbons (Fsp3) is 0.538. The summed E-state index contributed by atoms with van der Waals surface area (Å²) in [6.07, 6.45) is 5.83. The maximum absolute atomic E-state index is 2.36.